The fourth-order valence-corrected chi connectivity index (χ4v) is 1.79. The predicted molar refractivity (Wildman–Crippen MR) is 73.4 cm³/mol. The summed E-state index contributed by atoms with van der Waals surface area (Å²) in [6, 6.07) is 2.94. The van der Waals surface area contributed by atoms with E-state index < -0.39 is 5.91 Å². The number of nitrogen functional groups attached to an aromatic ring is 1. The highest BCUT2D eigenvalue weighted by Gasteiger charge is 2.13. The molecule has 2 aromatic rings. The SMILES string of the molecule is Cc1cc(Cl)nc(NC(=O)c2cc(Cl)ncc2N)n1. The number of rotatable bonds is 2. The third-order valence-corrected chi connectivity index (χ3v) is 2.59. The van der Waals surface area contributed by atoms with Crippen molar-refractivity contribution < 1.29 is 4.79 Å². The quantitative estimate of drug-likeness (QED) is 0.655. The highest BCUT2D eigenvalue weighted by molar-refractivity contribution is 6.30. The lowest BCUT2D eigenvalue weighted by molar-refractivity contribution is 0.102. The molecule has 2 aromatic heterocycles. The van der Waals surface area contributed by atoms with Crippen LogP contribution in [0.2, 0.25) is 10.3 Å². The molecule has 0 saturated heterocycles. The Balaban J connectivity index is 2.28. The molecule has 2 rings (SSSR count). The molecule has 1 amide bonds. The summed E-state index contributed by atoms with van der Waals surface area (Å²) in [6.45, 7) is 1.74. The van der Waals surface area contributed by atoms with Crippen molar-refractivity contribution in [3.63, 3.8) is 0 Å². The van der Waals surface area contributed by atoms with Crippen LogP contribution in [-0.4, -0.2) is 20.9 Å². The molecule has 3 N–H and O–H groups in total. The van der Waals surface area contributed by atoms with Gasteiger partial charge in [0.2, 0.25) is 5.95 Å². The molecule has 0 aromatic carbocycles. The lowest BCUT2D eigenvalue weighted by atomic mass is 10.2. The van der Waals surface area contributed by atoms with Gasteiger partial charge in [0.25, 0.3) is 5.91 Å². The fraction of sp³-hybridized carbons (Fsp3) is 0.0909. The molecule has 6 nitrogen and oxygen atoms in total. The molecule has 0 aliphatic rings. The Morgan fingerprint density at radius 2 is 2.00 bits per heavy atom. The van der Waals surface area contributed by atoms with Gasteiger partial charge in [0.05, 0.1) is 17.4 Å². The number of nitrogens with zero attached hydrogens (tertiary/aromatic N) is 3. The van der Waals surface area contributed by atoms with Crippen LogP contribution in [0.25, 0.3) is 0 Å². The first-order valence-corrected chi connectivity index (χ1v) is 5.95. The summed E-state index contributed by atoms with van der Waals surface area (Å²) in [5.74, 6) is -0.384. The molecular formula is C11H9Cl2N5O. The number of aryl methyl sites for hydroxylation is 1. The first-order valence-electron chi connectivity index (χ1n) is 5.19. The monoisotopic (exact) mass is 297 g/mol. The van der Waals surface area contributed by atoms with Crippen LogP contribution >= 0.6 is 23.2 Å². The van der Waals surface area contributed by atoms with Gasteiger partial charge in [0.1, 0.15) is 10.3 Å². The number of hydrogen-bond donors (Lipinski definition) is 2. The maximum atomic E-state index is 12.0. The molecule has 0 saturated carbocycles. The van der Waals surface area contributed by atoms with Crippen LogP contribution in [0.15, 0.2) is 18.3 Å². The maximum absolute atomic E-state index is 12.0. The van der Waals surface area contributed by atoms with E-state index >= 15 is 0 Å². The average molecular weight is 298 g/mol. The number of carbonyl (C=O) groups excluding carboxylic acids is 1. The largest absolute Gasteiger partial charge is 0.397 e. The van der Waals surface area contributed by atoms with E-state index in [0.29, 0.717) is 5.69 Å². The summed E-state index contributed by atoms with van der Waals surface area (Å²) in [7, 11) is 0. The van der Waals surface area contributed by atoms with Gasteiger partial charge in [0, 0.05) is 5.69 Å². The lowest BCUT2D eigenvalue weighted by Gasteiger charge is -2.07. The van der Waals surface area contributed by atoms with Gasteiger partial charge in [-0.3, -0.25) is 10.1 Å². The van der Waals surface area contributed by atoms with E-state index in [0.717, 1.165) is 0 Å². The minimum Gasteiger partial charge on any atom is -0.397 e. The van der Waals surface area contributed by atoms with E-state index in [4.69, 9.17) is 28.9 Å². The Bertz CT molecular complexity index is 627. The molecule has 0 atom stereocenters. The summed E-state index contributed by atoms with van der Waals surface area (Å²) < 4.78 is 0. The molecular weight excluding hydrogens is 289 g/mol. The standard InChI is InChI=1S/C11H9Cl2N5O/c1-5-2-9(13)17-11(16-5)18-10(19)6-3-8(12)15-4-7(6)14/h2-4H,14H2,1H3,(H,16,17,18,19). The summed E-state index contributed by atoms with van der Waals surface area (Å²) in [5.41, 5.74) is 6.69. The Labute approximate surface area is 119 Å². The zero-order chi connectivity index (χ0) is 14.0. The van der Waals surface area contributed by atoms with Crippen LogP contribution < -0.4 is 11.1 Å². The minimum atomic E-state index is -0.483. The first-order chi connectivity index (χ1) is 8.95. The van der Waals surface area contributed by atoms with Crippen LogP contribution in [0, 0.1) is 6.92 Å². The number of nitrogens with one attached hydrogen (secondary N) is 1. The van der Waals surface area contributed by atoms with Gasteiger partial charge < -0.3 is 5.73 Å². The molecule has 8 heteroatoms. The second kappa shape index (κ2) is 5.38. The van der Waals surface area contributed by atoms with Gasteiger partial charge in [-0.05, 0) is 19.1 Å². The van der Waals surface area contributed by atoms with Crippen molar-refractivity contribution in [2.24, 2.45) is 0 Å². The summed E-state index contributed by atoms with van der Waals surface area (Å²) in [4.78, 5) is 23.7. The zero-order valence-electron chi connectivity index (χ0n) is 9.82. The number of anilines is 2. The van der Waals surface area contributed by atoms with Crippen molar-refractivity contribution in [3.05, 3.63) is 39.9 Å². The second-order valence-electron chi connectivity index (χ2n) is 3.70. The van der Waals surface area contributed by atoms with Gasteiger partial charge in [0.15, 0.2) is 0 Å². The number of pyridine rings is 1. The number of carbonyl (C=O) groups is 1. The first kappa shape index (κ1) is 13.5. The van der Waals surface area contributed by atoms with Crippen molar-refractivity contribution in [2.75, 3.05) is 11.1 Å². The van der Waals surface area contributed by atoms with Crippen molar-refractivity contribution in [1.29, 1.82) is 0 Å². The number of halogens is 2. The van der Waals surface area contributed by atoms with E-state index in [2.05, 4.69) is 20.3 Å². The Morgan fingerprint density at radius 1 is 1.26 bits per heavy atom. The van der Waals surface area contributed by atoms with Crippen LogP contribution in [0.4, 0.5) is 11.6 Å². The van der Waals surface area contributed by atoms with Crippen LogP contribution in [-0.2, 0) is 0 Å². The lowest BCUT2D eigenvalue weighted by Crippen LogP contribution is -2.16. The molecule has 0 unspecified atom stereocenters. The average Bonchev–Trinajstić information content (AvgIpc) is 2.30. The van der Waals surface area contributed by atoms with E-state index in [1.165, 1.54) is 12.3 Å². The zero-order valence-corrected chi connectivity index (χ0v) is 11.3. The van der Waals surface area contributed by atoms with Crippen molar-refractivity contribution in [1.82, 2.24) is 15.0 Å². The molecule has 98 valence electrons. The maximum Gasteiger partial charge on any atom is 0.260 e. The Kier molecular flexibility index (Phi) is 3.82. The number of aromatic nitrogens is 3. The topological polar surface area (TPSA) is 93.8 Å². The fourth-order valence-electron chi connectivity index (χ4n) is 1.39. The predicted octanol–water partition coefficient (Wildman–Crippen LogP) is 2.32. The van der Waals surface area contributed by atoms with Crippen LogP contribution in [0.5, 0.6) is 0 Å². The third-order valence-electron chi connectivity index (χ3n) is 2.19. The van der Waals surface area contributed by atoms with Crippen LogP contribution in [0.3, 0.4) is 0 Å². The Hall–Kier alpha value is -1.92. The van der Waals surface area contributed by atoms with E-state index in [-0.39, 0.29) is 27.5 Å². The molecule has 0 aliphatic heterocycles. The van der Waals surface area contributed by atoms with Crippen molar-refractivity contribution in [3.8, 4) is 0 Å². The normalized spacial score (nSPS) is 10.3. The van der Waals surface area contributed by atoms with E-state index in [9.17, 15) is 4.79 Å². The van der Waals surface area contributed by atoms with Gasteiger partial charge in [-0.15, -0.1) is 0 Å². The smallest absolute Gasteiger partial charge is 0.260 e. The number of hydrogen-bond acceptors (Lipinski definition) is 5. The molecule has 0 aliphatic carbocycles. The van der Waals surface area contributed by atoms with Gasteiger partial charge >= 0.3 is 0 Å². The minimum absolute atomic E-state index is 0.0994. The second-order valence-corrected chi connectivity index (χ2v) is 4.48. The summed E-state index contributed by atoms with van der Waals surface area (Å²) >= 11 is 11.5. The highest BCUT2D eigenvalue weighted by Crippen LogP contribution is 2.17. The van der Waals surface area contributed by atoms with Crippen molar-refractivity contribution >= 4 is 40.7 Å². The van der Waals surface area contributed by atoms with Gasteiger partial charge in [-0.1, -0.05) is 23.2 Å². The molecule has 2 heterocycles. The molecule has 0 fully saturated rings. The highest BCUT2D eigenvalue weighted by atomic mass is 35.5. The molecule has 0 bridgehead atoms. The molecule has 0 radical (unpaired) electrons. The van der Waals surface area contributed by atoms with E-state index in [1.807, 2.05) is 0 Å². The van der Waals surface area contributed by atoms with Gasteiger partial charge in [-0.25, -0.2) is 15.0 Å². The number of amides is 1. The molecule has 0 spiro atoms. The van der Waals surface area contributed by atoms with E-state index in [1.54, 1.807) is 13.0 Å². The number of nitrogens with two attached hydrogens (primary N) is 1. The Morgan fingerprint density at radius 3 is 2.68 bits per heavy atom. The summed E-state index contributed by atoms with van der Waals surface area (Å²) in [6.07, 6.45) is 1.31. The van der Waals surface area contributed by atoms with Crippen molar-refractivity contribution in [2.45, 2.75) is 6.92 Å². The van der Waals surface area contributed by atoms with Gasteiger partial charge in [-0.2, -0.15) is 0 Å². The molecule has 19 heavy (non-hydrogen) atoms. The summed E-state index contributed by atoms with van der Waals surface area (Å²) in [5, 5.41) is 2.90. The van der Waals surface area contributed by atoms with Crippen LogP contribution in [0.1, 0.15) is 16.1 Å². The third kappa shape index (κ3) is 3.30.